The van der Waals surface area contributed by atoms with Gasteiger partial charge in [-0.15, -0.1) is 11.3 Å². The van der Waals surface area contributed by atoms with E-state index in [0.717, 1.165) is 11.2 Å². The molecule has 1 nitrogen and oxygen atoms in total. The molecule has 0 spiro atoms. The molecule has 1 aromatic heterocycles. The summed E-state index contributed by atoms with van der Waals surface area (Å²) < 4.78 is 0. The van der Waals surface area contributed by atoms with Gasteiger partial charge in [0.25, 0.3) is 0 Å². The highest BCUT2D eigenvalue weighted by atomic mass is 79.9. The first-order valence-electron chi connectivity index (χ1n) is 7.32. The second-order valence-corrected chi connectivity index (χ2v) is 7.12. The second-order valence-electron chi connectivity index (χ2n) is 5.41. The van der Waals surface area contributed by atoms with E-state index in [9.17, 15) is 0 Å². The normalized spacial score (nSPS) is 16.6. The molecule has 20 heavy (non-hydrogen) atoms. The van der Waals surface area contributed by atoms with Crippen LogP contribution in [0.15, 0.2) is 41.8 Å². The van der Waals surface area contributed by atoms with Gasteiger partial charge in [0.1, 0.15) is 0 Å². The molecule has 3 heteroatoms. The van der Waals surface area contributed by atoms with Crippen LogP contribution in [-0.2, 0) is 0 Å². The van der Waals surface area contributed by atoms with Crippen LogP contribution in [0.1, 0.15) is 19.3 Å². The number of benzene rings is 1. The van der Waals surface area contributed by atoms with Crippen molar-refractivity contribution >= 4 is 33.0 Å². The lowest BCUT2D eigenvalue weighted by Gasteiger charge is -2.33. The molecule has 3 rings (SSSR count). The number of hydrogen-bond donors (Lipinski definition) is 0. The summed E-state index contributed by atoms with van der Waals surface area (Å²) in [7, 11) is 0. The molecule has 0 radical (unpaired) electrons. The molecule has 0 N–H and O–H groups in total. The number of piperidine rings is 1. The van der Waals surface area contributed by atoms with Crippen LogP contribution in [-0.4, -0.2) is 18.4 Å². The molecule has 1 aliphatic rings. The van der Waals surface area contributed by atoms with Crippen molar-refractivity contribution in [2.75, 3.05) is 23.3 Å². The average molecular weight is 350 g/mol. The lowest BCUT2D eigenvalue weighted by molar-refractivity contribution is 0.398. The summed E-state index contributed by atoms with van der Waals surface area (Å²) >= 11 is 5.43. The Hall–Kier alpha value is -0.800. The Balaban J connectivity index is 1.75. The van der Waals surface area contributed by atoms with Crippen molar-refractivity contribution in [1.29, 1.82) is 0 Å². The van der Waals surface area contributed by atoms with Gasteiger partial charge in [-0.25, -0.2) is 0 Å². The largest absolute Gasteiger partial charge is 0.370 e. The topological polar surface area (TPSA) is 3.24 Å². The smallest absolute Gasteiger partial charge is 0.0576 e. The van der Waals surface area contributed by atoms with Gasteiger partial charge in [-0.2, -0.15) is 0 Å². The molecule has 0 amide bonds. The molecule has 1 aromatic carbocycles. The van der Waals surface area contributed by atoms with Gasteiger partial charge in [-0.3, -0.25) is 0 Å². The first-order valence-corrected chi connectivity index (χ1v) is 9.32. The quantitative estimate of drug-likeness (QED) is 0.666. The lowest BCUT2D eigenvalue weighted by atomic mass is 9.94. The monoisotopic (exact) mass is 349 g/mol. The maximum Gasteiger partial charge on any atom is 0.0576 e. The van der Waals surface area contributed by atoms with Crippen molar-refractivity contribution in [3.63, 3.8) is 0 Å². The van der Waals surface area contributed by atoms with E-state index in [4.69, 9.17) is 0 Å². The van der Waals surface area contributed by atoms with Crippen LogP contribution in [0.5, 0.6) is 0 Å². The van der Waals surface area contributed by atoms with Gasteiger partial charge >= 0.3 is 0 Å². The number of hydrogen-bond acceptors (Lipinski definition) is 2. The van der Waals surface area contributed by atoms with Crippen LogP contribution in [0.3, 0.4) is 0 Å². The van der Waals surface area contributed by atoms with E-state index in [1.807, 2.05) is 11.3 Å². The minimum atomic E-state index is 0.907. The zero-order valence-corrected chi connectivity index (χ0v) is 14.0. The average Bonchev–Trinajstić information content (AvgIpc) is 2.99. The molecule has 0 bridgehead atoms. The molecular weight excluding hydrogens is 330 g/mol. The van der Waals surface area contributed by atoms with Crippen molar-refractivity contribution in [3.05, 3.63) is 41.8 Å². The SMILES string of the molecule is BrCCC1CCN(c2ccsc2-c2ccccc2)CC1. The van der Waals surface area contributed by atoms with Crippen molar-refractivity contribution in [1.82, 2.24) is 0 Å². The third kappa shape index (κ3) is 3.09. The molecular formula is C17H20BrNS. The molecule has 1 aliphatic heterocycles. The zero-order valence-electron chi connectivity index (χ0n) is 11.6. The third-order valence-corrected chi connectivity index (χ3v) is 5.56. The van der Waals surface area contributed by atoms with Crippen molar-refractivity contribution < 1.29 is 0 Å². The Morgan fingerprint density at radius 1 is 1.10 bits per heavy atom. The first-order chi connectivity index (χ1) is 9.88. The highest BCUT2D eigenvalue weighted by molar-refractivity contribution is 9.09. The molecule has 0 saturated carbocycles. The predicted molar refractivity (Wildman–Crippen MR) is 93.1 cm³/mol. The van der Waals surface area contributed by atoms with E-state index in [-0.39, 0.29) is 0 Å². The number of alkyl halides is 1. The van der Waals surface area contributed by atoms with Crippen molar-refractivity contribution in [2.24, 2.45) is 5.92 Å². The van der Waals surface area contributed by atoms with Gasteiger partial charge < -0.3 is 4.90 Å². The van der Waals surface area contributed by atoms with Crippen molar-refractivity contribution in [2.45, 2.75) is 19.3 Å². The summed E-state index contributed by atoms with van der Waals surface area (Å²) in [5, 5.41) is 3.37. The number of halogens is 1. The van der Waals surface area contributed by atoms with Crippen LogP contribution in [0.2, 0.25) is 0 Å². The molecule has 2 heterocycles. The summed E-state index contributed by atoms with van der Waals surface area (Å²) in [6, 6.07) is 13.1. The van der Waals surface area contributed by atoms with E-state index < -0.39 is 0 Å². The van der Waals surface area contributed by atoms with Crippen LogP contribution in [0, 0.1) is 5.92 Å². The summed E-state index contributed by atoms with van der Waals surface area (Å²) in [6.07, 6.45) is 3.98. The first kappa shape index (κ1) is 14.2. The molecule has 1 saturated heterocycles. The molecule has 0 aliphatic carbocycles. The minimum absolute atomic E-state index is 0.907. The van der Waals surface area contributed by atoms with E-state index >= 15 is 0 Å². The minimum Gasteiger partial charge on any atom is -0.370 e. The Kier molecular flexibility index (Phi) is 4.79. The summed E-state index contributed by atoms with van der Waals surface area (Å²) in [5.41, 5.74) is 2.78. The number of thiophene rings is 1. The Bertz CT molecular complexity index is 529. The van der Waals surface area contributed by atoms with Gasteiger partial charge in [-0.1, -0.05) is 46.3 Å². The molecule has 106 valence electrons. The molecule has 1 fully saturated rings. The molecule has 0 atom stereocenters. The van der Waals surface area contributed by atoms with Gasteiger partial charge in [0.05, 0.1) is 10.6 Å². The van der Waals surface area contributed by atoms with Gasteiger partial charge in [-0.05, 0) is 42.2 Å². The fraction of sp³-hybridized carbons (Fsp3) is 0.412. The van der Waals surface area contributed by atoms with E-state index in [2.05, 4.69) is 62.6 Å². The Labute approximate surface area is 133 Å². The van der Waals surface area contributed by atoms with Gasteiger partial charge in [0.15, 0.2) is 0 Å². The number of rotatable bonds is 4. The van der Waals surface area contributed by atoms with E-state index in [1.54, 1.807) is 0 Å². The summed E-state index contributed by atoms with van der Waals surface area (Å²) in [4.78, 5) is 3.99. The van der Waals surface area contributed by atoms with Gasteiger partial charge in [0, 0.05) is 18.4 Å². The third-order valence-electron chi connectivity index (χ3n) is 4.15. The fourth-order valence-corrected chi connectivity index (χ4v) is 4.54. The Morgan fingerprint density at radius 2 is 1.85 bits per heavy atom. The summed E-state index contributed by atoms with van der Waals surface area (Å²) in [6.45, 7) is 2.41. The number of anilines is 1. The standard InChI is InChI=1S/C17H20BrNS/c18-10-6-14-7-11-19(12-8-14)16-9-13-20-17(16)15-4-2-1-3-5-15/h1-5,9,13-14H,6-8,10-12H2. The summed E-state index contributed by atoms with van der Waals surface area (Å²) in [5.74, 6) is 0.907. The van der Waals surface area contributed by atoms with Crippen molar-refractivity contribution in [3.8, 4) is 10.4 Å². The maximum absolute atomic E-state index is 3.57. The van der Waals surface area contributed by atoms with E-state index in [0.29, 0.717) is 0 Å². The number of nitrogens with zero attached hydrogens (tertiary/aromatic N) is 1. The Morgan fingerprint density at radius 3 is 2.55 bits per heavy atom. The lowest BCUT2D eigenvalue weighted by Crippen LogP contribution is -2.33. The van der Waals surface area contributed by atoms with Crippen LogP contribution in [0.25, 0.3) is 10.4 Å². The molecule has 2 aromatic rings. The fourth-order valence-electron chi connectivity index (χ4n) is 2.97. The zero-order chi connectivity index (χ0) is 13.8. The predicted octanol–water partition coefficient (Wildman–Crippen LogP) is 5.42. The molecule has 0 unspecified atom stereocenters. The van der Waals surface area contributed by atoms with Gasteiger partial charge in [0.2, 0.25) is 0 Å². The van der Waals surface area contributed by atoms with Crippen LogP contribution < -0.4 is 4.90 Å². The van der Waals surface area contributed by atoms with Crippen LogP contribution in [0.4, 0.5) is 5.69 Å². The van der Waals surface area contributed by atoms with E-state index in [1.165, 1.54) is 48.5 Å². The highest BCUT2D eigenvalue weighted by Gasteiger charge is 2.21. The highest BCUT2D eigenvalue weighted by Crippen LogP contribution is 2.38. The van der Waals surface area contributed by atoms with Crippen LogP contribution >= 0.6 is 27.3 Å². The maximum atomic E-state index is 3.57. The second kappa shape index (κ2) is 6.77.